The summed E-state index contributed by atoms with van der Waals surface area (Å²) in [4.78, 5) is 134. The molecule has 6 heterocycles. The van der Waals surface area contributed by atoms with Gasteiger partial charge in [-0.05, 0) is 94.1 Å². The zero-order chi connectivity index (χ0) is 70.5. The lowest BCUT2D eigenvalue weighted by atomic mass is 9.47. The van der Waals surface area contributed by atoms with Crippen molar-refractivity contribution in [3.05, 3.63) is 70.9 Å². The molecule has 530 valence electrons. The quantitative estimate of drug-likeness (QED) is 0.00830. The second-order valence-corrected chi connectivity index (χ2v) is 28.6. The van der Waals surface area contributed by atoms with Crippen molar-refractivity contribution in [2.45, 2.75) is 142 Å². The molecule has 1 aliphatic carbocycles. The summed E-state index contributed by atoms with van der Waals surface area (Å²) in [5.74, 6) is -10.1. The number of nitrogens with zero attached hydrogens (tertiary/aromatic N) is 4. The minimum atomic E-state index is -2.69. The van der Waals surface area contributed by atoms with E-state index in [-0.39, 0.29) is 55.8 Å². The van der Waals surface area contributed by atoms with Gasteiger partial charge in [-0.2, -0.15) is 0 Å². The van der Waals surface area contributed by atoms with Crippen molar-refractivity contribution in [3.8, 4) is 5.75 Å². The molecule has 6 aliphatic rings. The number of hydrogen-bond donors (Lipinski definition) is 15. The molecule has 1 aromatic heterocycles. The Kier molecular flexibility index (Phi) is 22.7. The number of guanidine groups is 1. The topological polar surface area (TPSA) is 465 Å². The van der Waals surface area contributed by atoms with Gasteiger partial charge in [-0.3, -0.25) is 53.8 Å². The third kappa shape index (κ3) is 14.1. The molecule has 17 N–H and O–H groups in total. The van der Waals surface area contributed by atoms with Gasteiger partial charge in [-0.15, -0.1) is 0 Å². The van der Waals surface area contributed by atoms with Crippen LogP contribution in [0.5, 0.6) is 5.75 Å². The van der Waals surface area contributed by atoms with Crippen molar-refractivity contribution in [2.75, 3.05) is 90.6 Å². The van der Waals surface area contributed by atoms with Gasteiger partial charge in [-0.1, -0.05) is 65.8 Å². The van der Waals surface area contributed by atoms with Crippen LogP contribution in [0.2, 0.25) is 0 Å². The van der Waals surface area contributed by atoms with Crippen LogP contribution in [-0.2, 0) is 65.1 Å². The highest BCUT2D eigenvalue weighted by molar-refractivity contribution is 8.76. The number of carbonyl (C=O) groups excluding carboxylic acids is 6. The predicted octanol–water partition coefficient (Wildman–Crippen LogP) is -0.484. The maximum atomic E-state index is 15.6. The Bertz CT molecular complexity index is 3580. The summed E-state index contributed by atoms with van der Waals surface area (Å²) in [5, 5.41) is 78.2. The van der Waals surface area contributed by atoms with Crippen molar-refractivity contribution in [1.82, 2.24) is 46.9 Å². The van der Waals surface area contributed by atoms with Gasteiger partial charge in [0.15, 0.2) is 11.6 Å². The first-order valence-electron chi connectivity index (χ1n) is 32.3. The van der Waals surface area contributed by atoms with Crippen LogP contribution >= 0.6 is 21.6 Å². The molecule has 2 aromatic carbocycles. The molecule has 3 aromatic rings. The molecule has 5 amide bonds. The fourth-order valence-electron chi connectivity index (χ4n) is 16.3. The van der Waals surface area contributed by atoms with E-state index in [1.807, 2.05) is 62.4 Å². The number of H-pyrrole nitrogens is 1. The lowest BCUT2D eigenvalue weighted by Gasteiger charge is -2.63. The summed E-state index contributed by atoms with van der Waals surface area (Å²) < 4.78 is 17.7. The van der Waals surface area contributed by atoms with E-state index in [1.165, 1.54) is 21.3 Å². The number of ether oxygens (including phenoxy) is 3. The molecule has 31 nitrogen and oxygen atoms in total. The van der Waals surface area contributed by atoms with Gasteiger partial charge in [0.1, 0.15) is 42.0 Å². The molecule has 5 aliphatic heterocycles. The highest BCUT2D eigenvalue weighted by atomic mass is 33.1. The normalized spacial score (nSPS) is 28.0. The number of anilines is 1. The van der Waals surface area contributed by atoms with E-state index in [4.69, 9.17) is 25.7 Å². The van der Waals surface area contributed by atoms with Gasteiger partial charge < -0.3 is 87.5 Å². The molecule has 97 heavy (non-hydrogen) atoms. The fraction of sp³-hybridized carbons (Fsp3) is 0.594. The maximum Gasteiger partial charge on any atom is 0.426 e. The second-order valence-electron chi connectivity index (χ2n) is 26.0. The molecule has 14 atom stereocenters. The largest absolute Gasteiger partial charge is 0.496 e. The lowest BCUT2D eigenvalue weighted by molar-refractivity contribution is -0.204. The highest BCUT2D eigenvalue weighted by Crippen LogP contribution is 2.68. The zero-order valence-corrected chi connectivity index (χ0v) is 56.6. The van der Waals surface area contributed by atoms with E-state index in [9.17, 15) is 64.2 Å². The standard InChI is InChI=1S/C64H89N13O18S2/c1-7-60(91)29-34-30-63(57(89)94-6,48-36(16-21-76(31-34)33-60)35-13-9-10-14-39(35)69-48)38-25-37-44(28-45(38)93-5)75(4)54-62(37)18-22-77-20-12-17-61(8-2,53(62)77)55(87)64(54,92)56(88)73-74-59(90)95-23-24-96-97-32-43(52(85)86)72-51(84)42(27-47(80)81)71-50(83)41(26-46(78)79)70-49(82)40(67-3)15-11-19-68-58(65)66/h9-10,12-14,17,25,28,34,40-43,53-55,67,69,87,91-92H,7-8,11,15-16,18-24,26-27,29-33H2,1-6H3,(H,70,82)(H,71,83)(H,72,84)(H,73,88)(H,74,90)(H,78,79)(H,80,81)(H,85,86)(H4,65,66,68)/t34-,40+,41+,42+,43+,53+,54-,55-,60+,61-,62-,63+,64-/m1/s1. The molecule has 9 rings (SSSR count). The first-order chi connectivity index (χ1) is 46.1. The minimum absolute atomic E-state index is 0.00921. The molecular weight excluding hydrogens is 1300 g/mol. The number of esters is 1. The number of carbonyl (C=O) groups is 9. The molecule has 1 spiro atoms. The minimum Gasteiger partial charge on any atom is -0.496 e. The number of aliphatic imine (C=N–C) groups is 1. The Morgan fingerprint density at radius 3 is 2.15 bits per heavy atom. The summed E-state index contributed by atoms with van der Waals surface area (Å²) in [6.45, 7) is 6.40. The van der Waals surface area contributed by atoms with Crippen LogP contribution in [0.1, 0.15) is 94.0 Å². The Labute approximate surface area is 567 Å². The van der Waals surface area contributed by atoms with E-state index in [0.717, 1.165) is 38.1 Å². The number of aliphatic hydroxyl groups is 3. The van der Waals surface area contributed by atoms with Gasteiger partial charge in [0, 0.05) is 102 Å². The number of likely N-dealkylation sites (N-methyl/N-ethyl adjacent to an activating group) is 2. The average molecular weight is 1390 g/mol. The first kappa shape index (κ1) is 73.3. The van der Waals surface area contributed by atoms with E-state index in [1.54, 1.807) is 11.9 Å². The van der Waals surface area contributed by atoms with Crippen molar-refractivity contribution < 1.29 is 88.0 Å². The van der Waals surface area contributed by atoms with Gasteiger partial charge in [0.05, 0.1) is 44.7 Å². The number of carboxylic acids is 3. The number of aromatic nitrogens is 1. The van der Waals surface area contributed by atoms with Crippen LogP contribution in [0.3, 0.4) is 0 Å². The predicted molar refractivity (Wildman–Crippen MR) is 357 cm³/mol. The van der Waals surface area contributed by atoms with Crippen molar-refractivity contribution in [2.24, 2.45) is 27.8 Å². The highest BCUT2D eigenvalue weighted by Gasteiger charge is 2.79. The molecule has 2 bridgehead atoms. The van der Waals surface area contributed by atoms with Crippen molar-refractivity contribution >= 4 is 97.7 Å². The van der Waals surface area contributed by atoms with Gasteiger partial charge >= 0.3 is 30.0 Å². The number of aromatic amines is 1. The Balaban J connectivity index is 0.900. The van der Waals surface area contributed by atoms with Crippen LogP contribution in [0.15, 0.2) is 53.5 Å². The summed E-state index contributed by atoms with van der Waals surface area (Å²) in [5.41, 5.74) is 11.7. The smallest absolute Gasteiger partial charge is 0.426 e. The van der Waals surface area contributed by atoms with Gasteiger partial charge in [-0.25, -0.2) is 15.0 Å². The molecule has 3 fully saturated rings. The second kappa shape index (κ2) is 30.1. The molecule has 2 saturated heterocycles. The molecule has 0 radical (unpaired) electrons. The number of aliphatic carboxylic acids is 3. The number of nitrogens with two attached hydrogens (primary N) is 2. The van der Waals surface area contributed by atoms with Gasteiger partial charge in [0.25, 0.3) is 5.91 Å². The van der Waals surface area contributed by atoms with Crippen molar-refractivity contribution in [3.63, 3.8) is 0 Å². The summed E-state index contributed by atoms with van der Waals surface area (Å²) in [6, 6.07) is 3.62. The Morgan fingerprint density at radius 2 is 1.53 bits per heavy atom. The third-order valence-electron chi connectivity index (χ3n) is 20.4. The van der Waals surface area contributed by atoms with Crippen molar-refractivity contribution in [1.29, 1.82) is 0 Å². The molecule has 1 saturated carbocycles. The summed E-state index contributed by atoms with van der Waals surface area (Å²) in [7, 11) is 7.96. The van der Waals surface area contributed by atoms with E-state index in [0.29, 0.717) is 93.1 Å². The number of para-hydroxylation sites is 1. The monoisotopic (exact) mass is 1390 g/mol. The fourth-order valence-corrected chi connectivity index (χ4v) is 18.3. The first-order valence-corrected chi connectivity index (χ1v) is 34.8. The van der Waals surface area contributed by atoms with Gasteiger partial charge in [0.2, 0.25) is 17.7 Å². The number of carboxylic acid groups (broad SMARTS) is 3. The molecule has 1 unspecified atom stereocenters. The van der Waals surface area contributed by atoms with Crippen LogP contribution < -0.4 is 53.2 Å². The molecule has 33 heteroatoms. The van der Waals surface area contributed by atoms with E-state index < -0.39 is 136 Å². The number of methoxy groups -OCH3 is 2. The number of nitrogens with one attached hydrogen (secondary N) is 7. The molecular formula is C64H89N13O18S2. The van der Waals surface area contributed by atoms with Crippen LogP contribution in [-0.4, -0.2) is 244 Å². The van der Waals surface area contributed by atoms with Crippen LogP contribution in [0, 0.1) is 11.3 Å². The third-order valence-corrected chi connectivity index (χ3v) is 22.8. The SMILES string of the molecule is CC[C@]1(O)C[C@H]2CN(CCc3c([nH]c4ccccc34)[C@@](C(=O)OC)(c3cc4c(cc3OC)N(C)[C@H]3[C@](O)(C(=O)NNC(=O)OCCSSC[C@H](NC(=O)[C@H](CC(=O)O)NC(=O)[C@H](CC(=O)O)NC(=O)[C@H](CCCN=C(N)N)NC)C(=O)O)[C@H](O)[C@]5(CC)C=CCN6CC[C@]43[C@@H]65)C2)C1. The Hall–Kier alpha value is -7.92. The number of piperidine rings is 1. The average Bonchev–Trinajstić information content (AvgIpc) is 1.50. The number of amides is 5. The van der Waals surface area contributed by atoms with E-state index >= 15 is 9.59 Å². The lowest BCUT2D eigenvalue weighted by Crippen LogP contribution is -2.82. The maximum absolute atomic E-state index is 15.6. The van der Waals surface area contributed by atoms with Crippen LogP contribution in [0.25, 0.3) is 10.9 Å². The number of hydrazine groups is 1. The zero-order valence-electron chi connectivity index (χ0n) is 55.0. The number of benzene rings is 2. The summed E-state index contributed by atoms with van der Waals surface area (Å²) in [6.07, 6.45) is 1.61. The Morgan fingerprint density at radius 1 is 0.845 bits per heavy atom. The number of rotatable bonds is 28. The number of hydrogen-bond acceptors (Lipinski definition) is 22. The number of aliphatic hydroxyl groups excluding tert-OH is 1. The van der Waals surface area contributed by atoms with Crippen LogP contribution in [0.4, 0.5) is 10.5 Å². The summed E-state index contributed by atoms with van der Waals surface area (Å²) >= 11 is 0. The number of fused-ring (bicyclic) bond motifs is 6. The van der Waals surface area contributed by atoms with E-state index in [2.05, 4.69) is 51.9 Å².